The number of benzene rings is 1. The molecule has 4 nitrogen and oxygen atoms in total. The van der Waals surface area contributed by atoms with Crippen LogP contribution in [0.25, 0.3) is 0 Å². The average molecular weight is 351 g/mol. The lowest BCUT2D eigenvalue weighted by atomic mass is 9.99. The molecular weight excluding hydrogens is 322 g/mol. The Balaban J connectivity index is 1.49. The molecule has 2 heterocycles. The second kappa shape index (κ2) is 9.37. The van der Waals surface area contributed by atoms with Gasteiger partial charge in [0.1, 0.15) is 5.82 Å². The quantitative estimate of drug-likeness (QED) is 0.745. The SMILES string of the molecule is CCC1CCCCN1C(=O)c1ccc(NCCCc2ccccc2)nc1. The van der Waals surface area contributed by atoms with E-state index in [1.54, 1.807) is 6.20 Å². The van der Waals surface area contributed by atoms with Crippen molar-refractivity contribution in [1.29, 1.82) is 0 Å². The minimum atomic E-state index is 0.125. The number of likely N-dealkylation sites (tertiary alicyclic amines) is 1. The van der Waals surface area contributed by atoms with Crippen LogP contribution in [0, 0.1) is 0 Å². The molecule has 2 aromatic rings. The van der Waals surface area contributed by atoms with E-state index in [2.05, 4.69) is 41.5 Å². The predicted octanol–water partition coefficient (Wildman–Crippen LogP) is 4.53. The number of rotatable bonds is 7. The van der Waals surface area contributed by atoms with Gasteiger partial charge in [-0.3, -0.25) is 4.79 Å². The zero-order chi connectivity index (χ0) is 18.2. The second-order valence-corrected chi connectivity index (χ2v) is 7.00. The fraction of sp³-hybridized carbons (Fsp3) is 0.455. The lowest BCUT2D eigenvalue weighted by molar-refractivity contribution is 0.0607. The van der Waals surface area contributed by atoms with Gasteiger partial charge in [0.2, 0.25) is 0 Å². The summed E-state index contributed by atoms with van der Waals surface area (Å²) in [5.41, 5.74) is 2.05. The Hall–Kier alpha value is -2.36. The molecule has 1 fully saturated rings. The van der Waals surface area contributed by atoms with Crippen LogP contribution in [0.5, 0.6) is 0 Å². The summed E-state index contributed by atoms with van der Waals surface area (Å²) in [5, 5.41) is 3.34. The molecule has 0 bridgehead atoms. The van der Waals surface area contributed by atoms with Crippen molar-refractivity contribution in [3.63, 3.8) is 0 Å². The molecule has 138 valence electrons. The molecular formula is C22H29N3O. The number of carbonyl (C=O) groups is 1. The van der Waals surface area contributed by atoms with Crippen LogP contribution in [0.3, 0.4) is 0 Å². The van der Waals surface area contributed by atoms with Crippen LogP contribution in [0.4, 0.5) is 5.82 Å². The normalized spacial score (nSPS) is 17.1. The summed E-state index contributed by atoms with van der Waals surface area (Å²) in [6.45, 7) is 3.91. The topological polar surface area (TPSA) is 45.2 Å². The van der Waals surface area contributed by atoms with Crippen LogP contribution in [0.15, 0.2) is 48.7 Å². The van der Waals surface area contributed by atoms with Crippen molar-refractivity contribution in [2.75, 3.05) is 18.4 Å². The van der Waals surface area contributed by atoms with E-state index in [1.165, 1.54) is 12.0 Å². The standard InChI is InChI=1S/C22H29N3O/c1-2-20-12-6-7-16-25(20)22(26)19-13-14-21(24-17-19)23-15-8-11-18-9-4-3-5-10-18/h3-5,9-10,13-14,17,20H,2,6-8,11-12,15-16H2,1H3,(H,23,24). The van der Waals surface area contributed by atoms with Gasteiger partial charge in [0, 0.05) is 25.3 Å². The molecule has 1 aliphatic heterocycles. The smallest absolute Gasteiger partial charge is 0.255 e. The number of piperidine rings is 1. The van der Waals surface area contributed by atoms with E-state index in [4.69, 9.17) is 0 Å². The maximum Gasteiger partial charge on any atom is 0.255 e. The van der Waals surface area contributed by atoms with Crippen molar-refractivity contribution in [3.05, 3.63) is 59.8 Å². The molecule has 0 radical (unpaired) electrons. The highest BCUT2D eigenvalue weighted by Crippen LogP contribution is 2.22. The van der Waals surface area contributed by atoms with Gasteiger partial charge in [0.25, 0.3) is 5.91 Å². The Morgan fingerprint density at radius 1 is 1.19 bits per heavy atom. The van der Waals surface area contributed by atoms with Gasteiger partial charge >= 0.3 is 0 Å². The first-order chi connectivity index (χ1) is 12.8. The molecule has 0 spiro atoms. The van der Waals surface area contributed by atoms with Gasteiger partial charge in [-0.2, -0.15) is 0 Å². The van der Waals surface area contributed by atoms with Crippen molar-refractivity contribution in [1.82, 2.24) is 9.88 Å². The number of aryl methyl sites for hydroxylation is 1. The molecule has 0 aliphatic carbocycles. The zero-order valence-corrected chi connectivity index (χ0v) is 15.7. The molecule has 1 amide bonds. The molecule has 26 heavy (non-hydrogen) atoms. The van der Waals surface area contributed by atoms with Gasteiger partial charge in [0.15, 0.2) is 0 Å². The summed E-state index contributed by atoms with van der Waals surface area (Å²) < 4.78 is 0. The second-order valence-electron chi connectivity index (χ2n) is 7.00. The molecule has 1 aromatic heterocycles. The third-order valence-corrected chi connectivity index (χ3v) is 5.16. The van der Waals surface area contributed by atoms with Crippen molar-refractivity contribution in [2.45, 2.75) is 51.5 Å². The van der Waals surface area contributed by atoms with E-state index >= 15 is 0 Å². The van der Waals surface area contributed by atoms with Crippen LogP contribution >= 0.6 is 0 Å². The van der Waals surface area contributed by atoms with Crippen LogP contribution in [-0.2, 0) is 6.42 Å². The van der Waals surface area contributed by atoms with Crippen molar-refractivity contribution >= 4 is 11.7 Å². The molecule has 4 heteroatoms. The first-order valence-corrected chi connectivity index (χ1v) is 9.82. The van der Waals surface area contributed by atoms with Crippen molar-refractivity contribution < 1.29 is 4.79 Å². The monoisotopic (exact) mass is 351 g/mol. The molecule has 1 unspecified atom stereocenters. The first-order valence-electron chi connectivity index (χ1n) is 9.82. The van der Waals surface area contributed by atoms with Crippen molar-refractivity contribution in [2.24, 2.45) is 0 Å². The van der Waals surface area contributed by atoms with E-state index in [-0.39, 0.29) is 5.91 Å². The predicted molar refractivity (Wildman–Crippen MR) is 106 cm³/mol. The zero-order valence-electron chi connectivity index (χ0n) is 15.7. The molecule has 1 N–H and O–H groups in total. The molecule has 1 atom stereocenters. The number of hydrogen-bond donors (Lipinski definition) is 1. The summed E-state index contributed by atoms with van der Waals surface area (Å²) in [5.74, 6) is 0.958. The number of aromatic nitrogens is 1. The summed E-state index contributed by atoms with van der Waals surface area (Å²) in [7, 11) is 0. The first kappa shape index (κ1) is 18.4. The molecule has 3 rings (SSSR count). The van der Waals surface area contributed by atoms with Gasteiger partial charge in [-0.05, 0) is 56.2 Å². The van der Waals surface area contributed by atoms with Gasteiger partial charge in [-0.1, -0.05) is 37.3 Å². The van der Waals surface area contributed by atoms with E-state index in [0.29, 0.717) is 11.6 Å². The Bertz CT molecular complexity index is 684. The maximum atomic E-state index is 12.8. The molecule has 0 saturated carbocycles. The van der Waals surface area contributed by atoms with Crippen LogP contribution in [0.1, 0.15) is 54.9 Å². The Morgan fingerprint density at radius 2 is 2.04 bits per heavy atom. The third kappa shape index (κ3) is 4.84. The Morgan fingerprint density at radius 3 is 2.77 bits per heavy atom. The number of amides is 1. The van der Waals surface area contributed by atoms with Crippen LogP contribution < -0.4 is 5.32 Å². The van der Waals surface area contributed by atoms with Gasteiger partial charge < -0.3 is 10.2 Å². The number of nitrogens with one attached hydrogen (secondary N) is 1. The minimum absolute atomic E-state index is 0.125. The fourth-order valence-electron chi connectivity index (χ4n) is 3.64. The summed E-state index contributed by atoms with van der Waals surface area (Å²) in [4.78, 5) is 19.2. The van der Waals surface area contributed by atoms with E-state index in [0.717, 1.165) is 51.0 Å². The number of carbonyl (C=O) groups excluding carboxylic acids is 1. The van der Waals surface area contributed by atoms with Gasteiger partial charge in [0.05, 0.1) is 5.56 Å². The van der Waals surface area contributed by atoms with Crippen LogP contribution in [0.2, 0.25) is 0 Å². The number of nitrogens with zero attached hydrogens (tertiary/aromatic N) is 2. The largest absolute Gasteiger partial charge is 0.370 e. The molecule has 1 aliphatic rings. The van der Waals surface area contributed by atoms with E-state index in [9.17, 15) is 4.79 Å². The van der Waals surface area contributed by atoms with E-state index in [1.807, 2.05) is 23.1 Å². The lowest BCUT2D eigenvalue weighted by Crippen LogP contribution is -2.43. The Labute approximate surface area is 156 Å². The minimum Gasteiger partial charge on any atom is -0.370 e. The summed E-state index contributed by atoms with van der Waals surface area (Å²) in [6.07, 6.45) is 8.30. The summed E-state index contributed by atoms with van der Waals surface area (Å²) >= 11 is 0. The Kier molecular flexibility index (Phi) is 6.64. The summed E-state index contributed by atoms with van der Waals surface area (Å²) in [6, 6.07) is 14.7. The fourth-order valence-corrected chi connectivity index (χ4v) is 3.64. The molecule has 1 aromatic carbocycles. The highest BCUT2D eigenvalue weighted by molar-refractivity contribution is 5.94. The highest BCUT2D eigenvalue weighted by atomic mass is 16.2. The van der Waals surface area contributed by atoms with Crippen LogP contribution in [-0.4, -0.2) is 34.9 Å². The average Bonchev–Trinajstić information content (AvgIpc) is 2.72. The van der Waals surface area contributed by atoms with Gasteiger partial charge in [-0.15, -0.1) is 0 Å². The van der Waals surface area contributed by atoms with E-state index < -0.39 is 0 Å². The number of pyridine rings is 1. The highest BCUT2D eigenvalue weighted by Gasteiger charge is 2.26. The lowest BCUT2D eigenvalue weighted by Gasteiger charge is -2.35. The number of hydrogen-bond acceptors (Lipinski definition) is 3. The molecule has 1 saturated heterocycles. The van der Waals surface area contributed by atoms with Crippen molar-refractivity contribution in [3.8, 4) is 0 Å². The number of anilines is 1. The maximum absolute atomic E-state index is 12.8. The third-order valence-electron chi connectivity index (χ3n) is 5.16. The van der Waals surface area contributed by atoms with Gasteiger partial charge in [-0.25, -0.2) is 4.98 Å².